The number of hydrogen-bond donors (Lipinski definition) is 3. The molecule has 0 spiro atoms. The molecule has 0 heterocycles. The SMILES string of the molecule is CC(C)NC(=O)c1ccccc1NC(=O)CCNc1ccc(C(F)(F)F)cc1[N+](=O)[O-]. The normalized spacial score (nSPS) is 11.2. The molecule has 0 bridgehead atoms. The van der Waals surface area contributed by atoms with Crippen LogP contribution in [0.25, 0.3) is 0 Å². The van der Waals surface area contributed by atoms with Gasteiger partial charge in [-0.05, 0) is 38.1 Å². The summed E-state index contributed by atoms with van der Waals surface area (Å²) < 4.78 is 38.3. The number of carbonyl (C=O) groups excluding carboxylic acids is 2. The van der Waals surface area contributed by atoms with Crippen molar-refractivity contribution in [1.82, 2.24) is 5.32 Å². The van der Waals surface area contributed by atoms with Crippen LogP contribution < -0.4 is 16.0 Å². The van der Waals surface area contributed by atoms with Crippen molar-refractivity contribution < 1.29 is 27.7 Å². The highest BCUT2D eigenvalue weighted by Gasteiger charge is 2.33. The minimum atomic E-state index is -4.71. The van der Waals surface area contributed by atoms with Crippen LogP contribution in [0.15, 0.2) is 42.5 Å². The smallest absolute Gasteiger partial charge is 0.379 e. The molecule has 31 heavy (non-hydrogen) atoms. The van der Waals surface area contributed by atoms with E-state index in [1.54, 1.807) is 38.1 Å². The third-order valence-electron chi connectivity index (χ3n) is 4.05. The molecule has 8 nitrogen and oxygen atoms in total. The van der Waals surface area contributed by atoms with Crippen LogP contribution in [0.1, 0.15) is 36.2 Å². The standard InChI is InChI=1S/C20H21F3N4O4/c1-12(2)25-19(29)14-5-3-4-6-15(14)26-18(28)9-10-24-16-8-7-13(20(21,22)23)11-17(16)27(30)31/h3-8,11-12,24H,9-10H2,1-2H3,(H,25,29)(H,26,28). The van der Waals surface area contributed by atoms with Crippen LogP contribution in [-0.2, 0) is 11.0 Å². The Kier molecular flexibility index (Phi) is 7.56. The molecule has 3 N–H and O–H groups in total. The molecule has 0 aliphatic heterocycles. The molecule has 0 radical (unpaired) electrons. The van der Waals surface area contributed by atoms with Gasteiger partial charge in [-0.3, -0.25) is 19.7 Å². The number of alkyl halides is 3. The van der Waals surface area contributed by atoms with Gasteiger partial charge in [0.1, 0.15) is 5.69 Å². The summed E-state index contributed by atoms with van der Waals surface area (Å²) in [5.41, 5.74) is -1.45. The number of anilines is 2. The first-order valence-electron chi connectivity index (χ1n) is 9.28. The molecular formula is C20H21F3N4O4. The molecule has 0 atom stereocenters. The van der Waals surface area contributed by atoms with Crippen molar-refractivity contribution >= 4 is 28.9 Å². The highest BCUT2D eigenvalue weighted by molar-refractivity contribution is 6.03. The van der Waals surface area contributed by atoms with Gasteiger partial charge in [0.05, 0.1) is 21.7 Å². The van der Waals surface area contributed by atoms with Gasteiger partial charge in [-0.15, -0.1) is 0 Å². The zero-order chi connectivity index (χ0) is 23.2. The number of para-hydroxylation sites is 1. The number of amides is 2. The number of rotatable bonds is 8. The molecule has 0 aliphatic rings. The van der Waals surface area contributed by atoms with Gasteiger partial charge in [0.2, 0.25) is 5.91 Å². The van der Waals surface area contributed by atoms with Crippen LogP contribution >= 0.6 is 0 Å². The van der Waals surface area contributed by atoms with E-state index in [4.69, 9.17) is 0 Å². The third kappa shape index (κ3) is 6.69. The number of nitro groups is 1. The van der Waals surface area contributed by atoms with Gasteiger partial charge in [0.25, 0.3) is 11.6 Å². The lowest BCUT2D eigenvalue weighted by Crippen LogP contribution is -2.31. The van der Waals surface area contributed by atoms with Gasteiger partial charge in [-0.25, -0.2) is 0 Å². The Morgan fingerprint density at radius 2 is 1.77 bits per heavy atom. The van der Waals surface area contributed by atoms with Gasteiger partial charge in [0, 0.05) is 25.1 Å². The molecular weight excluding hydrogens is 417 g/mol. The van der Waals surface area contributed by atoms with E-state index in [1.807, 2.05) is 0 Å². The van der Waals surface area contributed by atoms with Gasteiger partial charge in [-0.1, -0.05) is 12.1 Å². The molecule has 0 unspecified atom stereocenters. The van der Waals surface area contributed by atoms with E-state index in [9.17, 15) is 32.9 Å². The fourth-order valence-electron chi connectivity index (χ4n) is 2.66. The molecule has 0 fully saturated rings. The van der Waals surface area contributed by atoms with Crippen molar-refractivity contribution in [1.29, 1.82) is 0 Å². The Balaban J connectivity index is 2.02. The zero-order valence-electron chi connectivity index (χ0n) is 16.7. The molecule has 11 heteroatoms. The van der Waals surface area contributed by atoms with Gasteiger partial charge >= 0.3 is 6.18 Å². The van der Waals surface area contributed by atoms with Crippen molar-refractivity contribution in [3.63, 3.8) is 0 Å². The van der Waals surface area contributed by atoms with Crippen molar-refractivity contribution in [2.45, 2.75) is 32.5 Å². The monoisotopic (exact) mass is 438 g/mol. The molecule has 2 aromatic rings. The fourth-order valence-corrected chi connectivity index (χ4v) is 2.66. The van der Waals surface area contributed by atoms with Crippen molar-refractivity contribution in [2.24, 2.45) is 0 Å². The lowest BCUT2D eigenvalue weighted by Gasteiger charge is -2.13. The first-order chi connectivity index (χ1) is 14.5. The number of nitrogens with one attached hydrogen (secondary N) is 3. The second-order valence-corrected chi connectivity index (χ2v) is 6.89. The second kappa shape index (κ2) is 9.92. The summed E-state index contributed by atoms with van der Waals surface area (Å²) in [6, 6.07) is 8.41. The Bertz CT molecular complexity index is 977. The fraction of sp³-hybridized carbons (Fsp3) is 0.300. The van der Waals surface area contributed by atoms with Crippen molar-refractivity contribution in [3.8, 4) is 0 Å². The Morgan fingerprint density at radius 1 is 1.10 bits per heavy atom. The van der Waals surface area contributed by atoms with Crippen LogP contribution in [0.4, 0.5) is 30.2 Å². The highest BCUT2D eigenvalue weighted by Crippen LogP contribution is 2.34. The molecule has 0 saturated heterocycles. The van der Waals surface area contributed by atoms with Gasteiger partial charge < -0.3 is 16.0 Å². The van der Waals surface area contributed by atoms with Gasteiger partial charge in [-0.2, -0.15) is 13.2 Å². The average Bonchev–Trinajstić information content (AvgIpc) is 2.67. The first kappa shape index (κ1) is 23.6. The molecule has 2 amide bonds. The second-order valence-electron chi connectivity index (χ2n) is 6.89. The number of benzene rings is 2. The highest BCUT2D eigenvalue weighted by atomic mass is 19.4. The van der Waals surface area contributed by atoms with Crippen LogP contribution in [0, 0.1) is 10.1 Å². The summed E-state index contributed by atoms with van der Waals surface area (Å²) in [6.45, 7) is 3.52. The Labute approximate surface area is 176 Å². The number of carbonyl (C=O) groups is 2. The average molecular weight is 438 g/mol. The predicted molar refractivity (Wildman–Crippen MR) is 109 cm³/mol. The minimum Gasteiger partial charge on any atom is -0.379 e. The zero-order valence-corrected chi connectivity index (χ0v) is 16.7. The summed E-state index contributed by atoms with van der Waals surface area (Å²) in [7, 11) is 0. The summed E-state index contributed by atoms with van der Waals surface area (Å²) in [6.07, 6.45) is -4.85. The van der Waals surface area contributed by atoms with E-state index < -0.39 is 28.3 Å². The number of nitro benzene ring substituents is 1. The number of nitrogens with zero attached hydrogens (tertiary/aromatic N) is 1. The number of halogens is 3. The quantitative estimate of drug-likeness (QED) is 0.422. The van der Waals surface area contributed by atoms with E-state index in [0.29, 0.717) is 11.8 Å². The van der Waals surface area contributed by atoms with Crippen LogP contribution in [0.2, 0.25) is 0 Å². The maximum Gasteiger partial charge on any atom is 0.416 e. The largest absolute Gasteiger partial charge is 0.416 e. The van der Waals surface area contributed by atoms with Crippen molar-refractivity contribution in [3.05, 3.63) is 63.7 Å². The lowest BCUT2D eigenvalue weighted by atomic mass is 10.1. The maximum atomic E-state index is 12.8. The summed E-state index contributed by atoms with van der Waals surface area (Å²) in [5.74, 6) is -0.837. The van der Waals surface area contributed by atoms with E-state index in [2.05, 4.69) is 16.0 Å². The molecule has 166 valence electrons. The van der Waals surface area contributed by atoms with E-state index >= 15 is 0 Å². The Morgan fingerprint density at radius 3 is 2.39 bits per heavy atom. The molecule has 2 rings (SSSR count). The van der Waals surface area contributed by atoms with Gasteiger partial charge in [0.15, 0.2) is 0 Å². The van der Waals surface area contributed by atoms with E-state index in [0.717, 1.165) is 12.1 Å². The summed E-state index contributed by atoms with van der Waals surface area (Å²) in [4.78, 5) is 34.6. The topological polar surface area (TPSA) is 113 Å². The summed E-state index contributed by atoms with van der Waals surface area (Å²) in [5, 5.41) is 19.0. The Hall–Kier alpha value is -3.63. The van der Waals surface area contributed by atoms with Crippen LogP contribution in [0.3, 0.4) is 0 Å². The third-order valence-corrected chi connectivity index (χ3v) is 4.05. The van der Waals surface area contributed by atoms with E-state index in [1.165, 1.54) is 0 Å². The maximum absolute atomic E-state index is 12.8. The summed E-state index contributed by atoms with van der Waals surface area (Å²) >= 11 is 0. The molecule has 2 aromatic carbocycles. The van der Waals surface area contributed by atoms with Crippen LogP contribution in [0.5, 0.6) is 0 Å². The molecule has 0 saturated carbocycles. The van der Waals surface area contributed by atoms with E-state index in [-0.39, 0.29) is 36.2 Å². The minimum absolute atomic E-state index is 0.0710. The molecule has 0 aliphatic carbocycles. The van der Waals surface area contributed by atoms with Crippen LogP contribution in [-0.4, -0.2) is 29.3 Å². The lowest BCUT2D eigenvalue weighted by molar-refractivity contribution is -0.384. The first-order valence-corrected chi connectivity index (χ1v) is 9.28. The molecule has 0 aromatic heterocycles. The number of hydrogen-bond acceptors (Lipinski definition) is 5. The van der Waals surface area contributed by atoms with Crippen molar-refractivity contribution in [2.75, 3.05) is 17.2 Å². The predicted octanol–water partition coefficient (Wildman–Crippen LogP) is 4.19.